The van der Waals surface area contributed by atoms with Gasteiger partial charge in [-0.05, 0) is 25.2 Å². The molecule has 3 N–H and O–H groups in total. The molecular formula is C10H21NO2. The van der Waals surface area contributed by atoms with Gasteiger partial charge in [0.05, 0.1) is 6.61 Å². The maximum atomic E-state index is 10.1. The van der Waals surface area contributed by atoms with E-state index in [1.807, 2.05) is 0 Å². The Morgan fingerprint density at radius 3 is 2.69 bits per heavy atom. The summed E-state index contributed by atoms with van der Waals surface area (Å²) in [6.45, 7) is 5.40. The molecule has 0 aliphatic carbocycles. The molecule has 0 bridgehead atoms. The maximum absolute atomic E-state index is 10.1. The molecule has 3 heteroatoms. The molecule has 0 spiro atoms. The van der Waals surface area contributed by atoms with E-state index in [9.17, 15) is 5.11 Å². The number of rotatable bonds is 3. The van der Waals surface area contributed by atoms with Crippen molar-refractivity contribution in [1.29, 1.82) is 0 Å². The summed E-state index contributed by atoms with van der Waals surface area (Å²) < 4.78 is 5.26. The van der Waals surface area contributed by atoms with Crippen molar-refractivity contribution in [3.63, 3.8) is 0 Å². The fraction of sp³-hybridized carbons (Fsp3) is 1.00. The third-order valence-electron chi connectivity index (χ3n) is 2.67. The molecule has 0 saturated carbocycles. The monoisotopic (exact) mass is 187 g/mol. The molecule has 13 heavy (non-hydrogen) atoms. The van der Waals surface area contributed by atoms with Crippen LogP contribution in [0.3, 0.4) is 0 Å². The Morgan fingerprint density at radius 2 is 2.23 bits per heavy atom. The topological polar surface area (TPSA) is 55.5 Å². The molecular weight excluding hydrogens is 166 g/mol. The molecule has 0 aromatic carbocycles. The van der Waals surface area contributed by atoms with Gasteiger partial charge >= 0.3 is 0 Å². The molecule has 1 rings (SSSR count). The lowest BCUT2D eigenvalue weighted by Crippen LogP contribution is -2.53. The lowest BCUT2D eigenvalue weighted by molar-refractivity contribution is -0.102. The van der Waals surface area contributed by atoms with E-state index in [2.05, 4.69) is 13.8 Å². The fourth-order valence-corrected chi connectivity index (χ4v) is 1.82. The van der Waals surface area contributed by atoms with Crippen LogP contribution in [0.2, 0.25) is 0 Å². The van der Waals surface area contributed by atoms with Crippen molar-refractivity contribution in [3.05, 3.63) is 0 Å². The lowest BCUT2D eigenvalue weighted by atomic mass is 9.84. The van der Waals surface area contributed by atoms with E-state index in [1.165, 1.54) is 0 Å². The molecule has 2 unspecified atom stereocenters. The SMILES string of the molecule is CC(C)CC(N)C1(O)CCCOC1. The second kappa shape index (κ2) is 4.40. The van der Waals surface area contributed by atoms with Gasteiger partial charge < -0.3 is 15.6 Å². The zero-order valence-electron chi connectivity index (χ0n) is 8.62. The Labute approximate surface area is 80.3 Å². The van der Waals surface area contributed by atoms with Gasteiger partial charge in [-0.3, -0.25) is 0 Å². The minimum absolute atomic E-state index is 0.146. The molecule has 0 aromatic heterocycles. The molecule has 1 saturated heterocycles. The van der Waals surface area contributed by atoms with Gasteiger partial charge in [0.1, 0.15) is 5.60 Å². The van der Waals surface area contributed by atoms with Gasteiger partial charge in [0, 0.05) is 12.6 Å². The van der Waals surface area contributed by atoms with Gasteiger partial charge in [0.2, 0.25) is 0 Å². The predicted octanol–water partition coefficient (Wildman–Crippen LogP) is 0.901. The summed E-state index contributed by atoms with van der Waals surface area (Å²) in [6.07, 6.45) is 2.56. The highest BCUT2D eigenvalue weighted by molar-refractivity contribution is 4.91. The van der Waals surface area contributed by atoms with Gasteiger partial charge in [-0.2, -0.15) is 0 Å². The second-order valence-electron chi connectivity index (χ2n) is 4.50. The summed E-state index contributed by atoms with van der Waals surface area (Å²) in [5.41, 5.74) is 5.18. The summed E-state index contributed by atoms with van der Waals surface area (Å²) >= 11 is 0. The largest absolute Gasteiger partial charge is 0.386 e. The summed E-state index contributed by atoms with van der Waals surface area (Å²) in [5, 5.41) is 10.1. The van der Waals surface area contributed by atoms with E-state index in [0.29, 0.717) is 12.5 Å². The molecule has 1 aliphatic rings. The molecule has 0 radical (unpaired) electrons. The standard InChI is InChI=1S/C10H21NO2/c1-8(2)6-9(11)10(12)4-3-5-13-7-10/h8-9,12H,3-7,11H2,1-2H3. The van der Waals surface area contributed by atoms with E-state index >= 15 is 0 Å². The van der Waals surface area contributed by atoms with Crippen molar-refractivity contribution in [1.82, 2.24) is 0 Å². The number of aliphatic hydroxyl groups is 1. The highest BCUT2D eigenvalue weighted by atomic mass is 16.5. The van der Waals surface area contributed by atoms with E-state index in [-0.39, 0.29) is 6.04 Å². The molecule has 0 aromatic rings. The average molecular weight is 187 g/mol. The maximum Gasteiger partial charge on any atom is 0.103 e. The normalized spacial score (nSPS) is 32.1. The Bertz CT molecular complexity index is 153. The van der Waals surface area contributed by atoms with Crippen molar-refractivity contribution in [2.45, 2.75) is 44.8 Å². The summed E-state index contributed by atoms with van der Waals surface area (Å²) in [6, 6.07) is -0.146. The predicted molar refractivity (Wildman–Crippen MR) is 52.4 cm³/mol. The molecule has 2 atom stereocenters. The van der Waals surface area contributed by atoms with Gasteiger partial charge in [0.25, 0.3) is 0 Å². The Balaban J connectivity index is 2.46. The van der Waals surface area contributed by atoms with Gasteiger partial charge in [-0.25, -0.2) is 0 Å². The first-order chi connectivity index (χ1) is 6.04. The van der Waals surface area contributed by atoms with Gasteiger partial charge in [-0.1, -0.05) is 13.8 Å². The quantitative estimate of drug-likeness (QED) is 0.690. The van der Waals surface area contributed by atoms with E-state index in [4.69, 9.17) is 10.5 Å². The van der Waals surface area contributed by atoms with Crippen molar-refractivity contribution in [2.75, 3.05) is 13.2 Å². The molecule has 78 valence electrons. The third-order valence-corrected chi connectivity index (χ3v) is 2.67. The summed E-state index contributed by atoms with van der Waals surface area (Å²) in [5.74, 6) is 0.529. The summed E-state index contributed by atoms with van der Waals surface area (Å²) in [7, 11) is 0. The van der Waals surface area contributed by atoms with Crippen LogP contribution < -0.4 is 5.73 Å². The van der Waals surface area contributed by atoms with E-state index in [1.54, 1.807) is 0 Å². The minimum Gasteiger partial charge on any atom is -0.386 e. The van der Waals surface area contributed by atoms with Crippen molar-refractivity contribution in [3.8, 4) is 0 Å². The van der Waals surface area contributed by atoms with Crippen molar-refractivity contribution < 1.29 is 9.84 Å². The first-order valence-electron chi connectivity index (χ1n) is 5.10. The first kappa shape index (κ1) is 11.0. The first-order valence-corrected chi connectivity index (χ1v) is 5.10. The smallest absolute Gasteiger partial charge is 0.103 e. The highest BCUT2D eigenvalue weighted by Gasteiger charge is 2.36. The van der Waals surface area contributed by atoms with Crippen LogP contribution in [0.1, 0.15) is 33.1 Å². The number of hydrogen-bond donors (Lipinski definition) is 2. The zero-order chi connectivity index (χ0) is 9.90. The van der Waals surface area contributed by atoms with Gasteiger partial charge in [0.15, 0.2) is 0 Å². The van der Waals surface area contributed by atoms with Crippen LogP contribution in [0.15, 0.2) is 0 Å². The van der Waals surface area contributed by atoms with Crippen LogP contribution in [0, 0.1) is 5.92 Å². The zero-order valence-corrected chi connectivity index (χ0v) is 8.62. The van der Waals surface area contributed by atoms with Crippen LogP contribution in [0.25, 0.3) is 0 Å². The fourth-order valence-electron chi connectivity index (χ4n) is 1.82. The van der Waals surface area contributed by atoms with Crippen LogP contribution in [0.4, 0.5) is 0 Å². The molecule has 0 amide bonds. The Kier molecular flexibility index (Phi) is 3.71. The minimum atomic E-state index is -0.775. The highest BCUT2D eigenvalue weighted by Crippen LogP contribution is 2.25. The molecule has 1 aliphatic heterocycles. The van der Waals surface area contributed by atoms with Crippen molar-refractivity contribution in [2.24, 2.45) is 11.7 Å². The number of ether oxygens (including phenoxy) is 1. The van der Waals surface area contributed by atoms with E-state index in [0.717, 1.165) is 25.9 Å². The average Bonchev–Trinajstić information content (AvgIpc) is 2.04. The van der Waals surface area contributed by atoms with Crippen LogP contribution in [-0.4, -0.2) is 30.0 Å². The molecule has 1 fully saturated rings. The lowest BCUT2D eigenvalue weighted by Gasteiger charge is -2.37. The van der Waals surface area contributed by atoms with E-state index < -0.39 is 5.60 Å². The van der Waals surface area contributed by atoms with Crippen molar-refractivity contribution >= 4 is 0 Å². The Hall–Kier alpha value is -0.120. The van der Waals surface area contributed by atoms with Crippen LogP contribution in [-0.2, 0) is 4.74 Å². The van der Waals surface area contributed by atoms with Crippen LogP contribution in [0.5, 0.6) is 0 Å². The van der Waals surface area contributed by atoms with Gasteiger partial charge in [-0.15, -0.1) is 0 Å². The number of hydrogen-bond acceptors (Lipinski definition) is 3. The summed E-state index contributed by atoms with van der Waals surface area (Å²) in [4.78, 5) is 0. The molecule has 1 heterocycles. The molecule has 3 nitrogen and oxygen atoms in total. The number of nitrogens with two attached hydrogens (primary N) is 1. The van der Waals surface area contributed by atoms with Crippen LogP contribution >= 0.6 is 0 Å². The third kappa shape index (κ3) is 2.93. The Morgan fingerprint density at radius 1 is 1.54 bits per heavy atom. The second-order valence-corrected chi connectivity index (χ2v) is 4.50.